The van der Waals surface area contributed by atoms with Gasteiger partial charge in [0.15, 0.2) is 5.16 Å². The lowest BCUT2D eigenvalue weighted by Gasteiger charge is -2.07. The molecule has 0 saturated carbocycles. The Hall–Kier alpha value is -1.70. The van der Waals surface area contributed by atoms with Crippen LogP contribution in [-0.4, -0.2) is 50.7 Å². The van der Waals surface area contributed by atoms with E-state index in [1.165, 1.54) is 0 Å². The SMILES string of the molecule is CCCOCCN=C1CC=CC(c2cc3nc(SCP(=O)(O)O)[nH]c3cc2C)=CC1. The van der Waals surface area contributed by atoms with Gasteiger partial charge in [0.2, 0.25) is 0 Å². The summed E-state index contributed by atoms with van der Waals surface area (Å²) in [5, 5.41) is 0.509. The van der Waals surface area contributed by atoms with E-state index < -0.39 is 7.60 Å². The van der Waals surface area contributed by atoms with Crippen LogP contribution in [0.5, 0.6) is 0 Å². The molecule has 1 aliphatic rings. The number of thioether (sulfide) groups is 1. The topological polar surface area (TPSA) is 108 Å². The van der Waals surface area contributed by atoms with Crippen molar-refractivity contribution < 1.29 is 19.1 Å². The molecule has 162 valence electrons. The molecule has 2 aromatic rings. The van der Waals surface area contributed by atoms with Gasteiger partial charge in [-0.25, -0.2) is 4.98 Å². The standard InChI is InChI=1S/C21H28N3O4PS/c1-3-10-28-11-9-22-17-6-4-5-16(7-8-17)18-13-20-19(12-15(18)2)23-21(24-20)30-14-29(25,26)27/h4-5,7,12-13H,3,6,8-11,14H2,1-2H3,(H,23,24)(H2,25,26,27). The molecule has 0 bridgehead atoms. The lowest BCUT2D eigenvalue weighted by molar-refractivity contribution is 0.142. The van der Waals surface area contributed by atoms with Gasteiger partial charge in [-0.2, -0.15) is 0 Å². The molecule has 0 saturated heterocycles. The molecule has 0 radical (unpaired) electrons. The zero-order valence-electron chi connectivity index (χ0n) is 17.3. The van der Waals surface area contributed by atoms with E-state index in [1.54, 1.807) is 0 Å². The van der Waals surface area contributed by atoms with Crippen LogP contribution in [0.3, 0.4) is 0 Å². The highest BCUT2D eigenvalue weighted by Gasteiger charge is 2.16. The first kappa shape index (κ1) is 23.0. The number of fused-ring (bicyclic) bond motifs is 1. The molecule has 3 rings (SSSR count). The quantitative estimate of drug-likeness (QED) is 0.291. The van der Waals surface area contributed by atoms with Crippen molar-refractivity contribution in [3.05, 3.63) is 41.5 Å². The molecule has 30 heavy (non-hydrogen) atoms. The normalized spacial score (nSPS) is 16.3. The first-order chi connectivity index (χ1) is 14.4. The average Bonchev–Trinajstić information content (AvgIpc) is 2.93. The summed E-state index contributed by atoms with van der Waals surface area (Å²) in [5.74, 6) is 0. The summed E-state index contributed by atoms with van der Waals surface area (Å²) in [4.78, 5) is 30.4. The molecule has 1 heterocycles. The van der Waals surface area contributed by atoms with Gasteiger partial charge < -0.3 is 19.5 Å². The molecule has 3 N–H and O–H groups in total. The Morgan fingerprint density at radius 3 is 2.90 bits per heavy atom. The van der Waals surface area contributed by atoms with E-state index in [0.717, 1.165) is 71.1 Å². The minimum absolute atomic E-state index is 0.294. The second kappa shape index (κ2) is 10.6. The number of ether oxygens (including phenoxy) is 1. The minimum Gasteiger partial charge on any atom is -0.380 e. The van der Waals surface area contributed by atoms with Gasteiger partial charge in [-0.1, -0.05) is 36.9 Å². The molecule has 0 fully saturated rings. The highest BCUT2D eigenvalue weighted by Crippen LogP contribution is 2.41. The zero-order chi connectivity index (χ0) is 21.6. The molecule has 1 aromatic heterocycles. The second-order valence-corrected chi connectivity index (χ2v) is 10.2. The van der Waals surface area contributed by atoms with Crippen molar-refractivity contribution in [3.8, 4) is 0 Å². The average molecular weight is 450 g/mol. The van der Waals surface area contributed by atoms with E-state index in [4.69, 9.17) is 14.5 Å². The fourth-order valence-electron chi connectivity index (χ4n) is 3.21. The van der Waals surface area contributed by atoms with Crippen LogP contribution in [0.2, 0.25) is 0 Å². The molecule has 0 atom stereocenters. The third-order valence-electron chi connectivity index (χ3n) is 4.61. The summed E-state index contributed by atoms with van der Waals surface area (Å²) in [5.41, 5.74) is 5.84. The summed E-state index contributed by atoms with van der Waals surface area (Å²) in [6.45, 7) is 6.29. The number of allylic oxidation sites excluding steroid dienone is 4. The van der Waals surface area contributed by atoms with Gasteiger partial charge in [0.25, 0.3) is 0 Å². The van der Waals surface area contributed by atoms with Gasteiger partial charge in [-0.15, -0.1) is 0 Å². The maximum atomic E-state index is 11.1. The third kappa shape index (κ3) is 6.65. The maximum Gasteiger partial charge on any atom is 0.335 e. The van der Waals surface area contributed by atoms with Crippen molar-refractivity contribution in [3.63, 3.8) is 0 Å². The van der Waals surface area contributed by atoms with Crippen molar-refractivity contribution in [2.24, 2.45) is 4.99 Å². The second-order valence-electron chi connectivity index (χ2n) is 7.19. The predicted octanol–water partition coefficient (Wildman–Crippen LogP) is 4.70. The Labute approximate surface area is 180 Å². The number of hydrogen-bond donors (Lipinski definition) is 3. The number of aromatic nitrogens is 2. The zero-order valence-corrected chi connectivity index (χ0v) is 19.0. The summed E-state index contributed by atoms with van der Waals surface area (Å²) in [6.07, 6.45) is 9.12. The largest absolute Gasteiger partial charge is 0.380 e. The van der Waals surface area contributed by atoms with Gasteiger partial charge in [0.1, 0.15) is 5.49 Å². The number of H-pyrrole nitrogens is 1. The van der Waals surface area contributed by atoms with Crippen LogP contribution in [0.1, 0.15) is 37.3 Å². The van der Waals surface area contributed by atoms with Gasteiger partial charge in [-0.05, 0) is 42.2 Å². The Kier molecular flexibility index (Phi) is 8.08. The minimum atomic E-state index is -4.07. The summed E-state index contributed by atoms with van der Waals surface area (Å²) in [6, 6.07) is 4.05. The fourth-order valence-corrected chi connectivity index (χ4v) is 4.72. The highest BCUT2D eigenvalue weighted by atomic mass is 32.2. The molecule has 7 nitrogen and oxygen atoms in total. The number of aromatic amines is 1. The van der Waals surface area contributed by atoms with E-state index in [9.17, 15) is 4.57 Å². The lowest BCUT2D eigenvalue weighted by atomic mass is 9.99. The summed E-state index contributed by atoms with van der Waals surface area (Å²) < 4.78 is 16.6. The van der Waals surface area contributed by atoms with Crippen LogP contribution in [-0.2, 0) is 9.30 Å². The number of aryl methyl sites for hydroxylation is 1. The Morgan fingerprint density at radius 1 is 1.30 bits per heavy atom. The lowest BCUT2D eigenvalue weighted by Crippen LogP contribution is -2.02. The smallest absolute Gasteiger partial charge is 0.335 e. The van der Waals surface area contributed by atoms with Gasteiger partial charge in [0, 0.05) is 25.2 Å². The van der Waals surface area contributed by atoms with E-state index in [-0.39, 0.29) is 5.49 Å². The van der Waals surface area contributed by atoms with Crippen molar-refractivity contribution in [1.29, 1.82) is 0 Å². The van der Waals surface area contributed by atoms with Gasteiger partial charge in [0.05, 0.1) is 24.2 Å². The van der Waals surface area contributed by atoms with E-state index in [0.29, 0.717) is 18.3 Å². The van der Waals surface area contributed by atoms with E-state index in [2.05, 4.69) is 47.0 Å². The Balaban J connectivity index is 1.74. The predicted molar refractivity (Wildman–Crippen MR) is 123 cm³/mol. The Morgan fingerprint density at radius 2 is 2.13 bits per heavy atom. The summed E-state index contributed by atoms with van der Waals surface area (Å²) >= 11 is 1.03. The number of hydrogen-bond acceptors (Lipinski definition) is 5. The number of nitrogens with zero attached hydrogens (tertiary/aromatic N) is 2. The molecule has 1 aliphatic carbocycles. The number of rotatable bonds is 9. The van der Waals surface area contributed by atoms with Crippen molar-refractivity contribution in [2.45, 2.75) is 38.3 Å². The fraction of sp³-hybridized carbons (Fsp3) is 0.429. The van der Waals surface area contributed by atoms with E-state index in [1.807, 2.05) is 12.1 Å². The molecule has 1 aromatic carbocycles. The maximum absolute atomic E-state index is 11.1. The van der Waals surface area contributed by atoms with Crippen LogP contribution in [0.25, 0.3) is 16.6 Å². The monoisotopic (exact) mass is 449 g/mol. The van der Waals surface area contributed by atoms with E-state index >= 15 is 0 Å². The van der Waals surface area contributed by atoms with Crippen molar-refractivity contribution >= 4 is 41.7 Å². The van der Waals surface area contributed by atoms with Crippen LogP contribution < -0.4 is 0 Å². The highest BCUT2D eigenvalue weighted by molar-refractivity contribution is 8.04. The van der Waals surface area contributed by atoms with Crippen molar-refractivity contribution in [1.82, 2.24) is 9.97 Å². The third-order valence-corrected chi connectivity index (χ3v) is 6.94. The number of benzene rings is 1. The molecule has 9 heteroatoms. The molecule has 0 amide bonds. The van der Waals surface area contributed by atoms with Crippen LogP contribution in [0.4, 0.5) is 0 Å². The number of aliphatic imine (C=N–C) groups is 1. The summed E-state index contributed by atoms with van der Waals surface area (Å²) in [7, 11) is -4.07. The molecule has 0 aliphatic heterocycles. The molecule has 0 spiro atoms. The van der Waals surface area contributed by atoms with Gasteiger partial charge in [-0.3, -0.25) is 9.56 Å². The van der Waals surface area contributed by atoms with Crippen LogP contribution >= 0.6 is 19.4 Å². The Bertz CT molecular complexity index is 1020. The van der Waals surface area contributed by atoms with Crippen LogP contribution in [0.15, 0.2) is 40.5 Å². The molecular formula is C21H28N3O4PS. The molecule has 0 unspecified atom stereocenters. The number of nitrogens with one attached hydrogen (secondary N) is 1. The first-order valence-electron chi connectivity index (χ1n) is 10.0. The van der Waals surface area contributed by atoms with Crippen molar-refractivity contribution in [2.75, 3.05) is 25.3 Å². The first-order valence-corrected chi connectivity index (χ1v) is 12.8. The number of imidazole rings is 1. The van der Waals surface area contributed by atoms with Crippen LogP contribution in [0, 0.1) is 6.92 Å². The van der Waals surface area contributed by atoms with Gasteiger partial charge >= 0.3 is 7.60 Å². The molecular weight excluding hydrogens is 421 g/mol.